The Labute approximate surface area is 158 Å². The number of nitrogens with two attached hydrogens (primary N) is 1. The molecule has 3 rings (SSSR count). The van der Waals surface area contributed by atoms with Crippen molar-refractivity contribution < 1.29 is 19.1 Å². The Morgan fingerprint density at radius 1 is 1.37 bits per heavy atom. The third-order valence-electron chi connectivity index (χ3n) is 5.60. The maximum atomic E-state index is 12.8. The van der Waals surface area contributed by atoms with E-state index in [0.29, 0.717) is 35.9 Å². The molecule has 1 heterocycles. The highest BCUT2D eigenvalue weighted by atomic mass is 16.5. The second kappa shape index (κ2) is 7.46. The van der Waals surface area contributed by atoms with Gasteiger partial charge in [-0.15, -0.1) is 0 Å². The van der Waals surface area contributed by atoms with Gasteiger partial charge in [-0.05, 0) is 49.8 Å². The number of amides is 4. The van der Waals surface area contributed by atoms with Crippen molar-refractivity contribution in [1.29, 1.82) is 0 Å². The SMILES string of the molecule is CCC1CCC2(CC1)NC(=O)N(CC(=O)Nc1ccc(OC)c(N)c1)C2=O. The summed E-state index contributed by atoms with van der Waals surface area (Å²) >= 11 is 0. The molecule has 8 nitrogen and oxygen atoms in total. The Hall–Kier alpha value is -2.77. The summed E-state index contributed by atoms with van der Waals surface area (Å²) in [5.74, 6) is 0.346. The third-order valence-corrected chi connectivity index (χ3v) is 5.60. The fraction of sp³-hybridized carbons (Fsp3) is 0.526. The molecule has 1 aliphatic heterocycles. The summed E-state index contributed by atoms with van der Waals surface area (Å²) < 4.78 is 5.08. The van der Waals surface area contributed by atoms with E-state index in [4.69, 9.17) is 10.5 Å². The molecule has 1 saturated carbocycles. The van der Waals surface area contributed by atoms with Crippen LogP contribution in [0.25, 0.3) is 0 Å². The zero-order valence-electron chi connectivity index (χ0n) is 15.7. The highest BCUT2D eigenvalue weighted by Gasteiger charge is 2.52. The Bertz CT molecular complexity index is 756. The first-order valence-corrected chi connectivity index (χ1v) is 9.26. The molecule has 1 aliphatic carbocycles. The Morgan fingerprint density at radius 3 is 2.67 bits per heavy atom. The van der Waals surface area contributed by atoms with E-state index in [0.717, 1.165) is 24.2 Å². The van der Waals surface area contributed by atoms with E-state index >= 15 is 0 Å². The topological polar surface area (TPSA) is 114 Å². The first-order valence-electron chi connectivity index (χ1n) is 9.26. The number of carbonyl (C=O) groups excluding carboxylic acids is 3. The van der Waals surface area contributed by atoms with Gasteiger partial charge in [0.25, 0.3) is 5.91 Å². The molecule has 4 amide bonds. The molecule has 0 bridgehead atoms. The molecule has 1 spiro atoms. The van der Waals surface area contributed by atoms with Crippen molar-refractivity contribution in [3.63, 3.8) is 0 Å². The van der Waals surface area contributed by atoms with E-state index in [-0.39, 0.29) is 12.5 Å². The van der Waals surface area contributed by atoms with Crippen LogP contribution in [-0.4, -0.2) is 41.9 Å². The average Bonchev–Trinajstić information content (AvgIpc) is 2.87. The largest absolute Gasteiger partial charge is 0.495 e. The molecule has 0 unspecified atom stereocenters. The zero-order valence-corrected chi connectivity index (χ0v) is 15.7. The molecular formula is C19H26N4O4. The molecule has 27 heavy (non-hydrogen) atoms. The third kappa shape index (κ3) is 3.70. The number of urea groups is 1. The number of anilines is 2. The van der Waals surface area contributed by atoms with Crippen LogP contribution in [0, 0.1) is 5.92 Å². The zero-order chi connectivity index (χ0) is 19.6. The maximum absolute atomic E-state index is 12.8. The molecule has 8 heteroatoms. The summed E-state index contributed by atoms with van der Waals surface area (Å²) in [6.07, 6.45) is 4.16. The van der Waals surface area contributed by atoms with Gasteiger partial charge in [0, 0.05) is 5.69 Å². The Morgan fingerprint density at radius 2 is 2.07 bits per heavy atom. The molecule has 1 aromatic carbocycles. The van der Waals surface area contributed by atoms with E-state index in [1.165, 1.54) is 7.11 Å². The molecule has 0 atom stereocenters. The van der Waals surface area contributed by atoms with Crippen LogP contribution in [0.1, 0.15) is 39.0 Å². The lowest BCUT2D eigenvalue weighted by Crippen LogP contribution is -2.49. The molecule has 146 valence electrons. The van der Waals surface area contributed by atoms with Gasteiger partial charge in [0.05, 0.1) is 12.8 Å². The van der Waals surface area contributed by atoms with Crippen LogP contribution in [0.4, 0.5) is 16.2 Å². The number of carbonyl (C=O) groups is 3. The predicted molar refractivity (Wildman–Crippen MR) is 101 cm³/mol. The van der Waals surface area contributed by atoms with Crippen molar-refractivity contribution in [2.75, 3.05) is 24.7 Å². The number of ether oxygens (including phenoxy) is 1. The van der Waals surface area contributed by atoms with Crippen LogP contribution < -0.4 is 21.1 Å². The first-order chi connectivity index (χ1) is 12.9. The van der Waals surface area contributed by atoms with Crippen LogP contribution in [0.2, 0.25) is 0 Å². The number of benzene rings is 1. The number of nitrogens with zero attached hydrogens (tertiary/aromatic N) is 1. The van der Waals surface area contributed by atoms with Crippen LogP contribution in [-0.2, 0) is 9.59 Å². The lowest BCUT2D eigenvalue weighted by atomic mass is 9.75. The molecule has 1 aromatic rings. The molecule has 4 N–H and O–H groups in total. The van der Waals surface area contributed by atoms with Crippen LogP contribution in [0.5, 0.6) is 5.75 Å². The second-order valence-electron chi connectivity index (χ2n) is 7.26. The van der Waals surface area contributed by atoms with Gasteiger partial charge in [-0.1, -0.05) is 13.3 Å². The fourth-order valence-corrected chi connectivity index (χ4v) is 3.89. The van der Waals surface area contributed by atoms with Crippen molar-refractivity contribution in [2.45, 2.75) is 44.6 Å². The molecule has 2 fully saturated rings. The summed E-state index contributed by atoms with van der Waals surface area (Å²) in [5.41, 5.74) is 5.85. The van der Waals surface area contributed by atoms with Crippen LogP contribution in [0.3, 0.4) is 0 Å². The van der Waals surface area contributed by atoms with Gasteiger partial charge in [0.15, 0.2) is 0 Å². The quantitative estimate of drug-likeness (QED) is 0.539. The number of hydrogen-bond acceptors (Lipinski definition) is 5. The summed E-state index contributed by atoms with van der Waals surface area (Å²) in [7, 11) is 1.51. The predicted octanol–water partition coefficient (Wildman–Crippen LogP) is 2.11. The number of imide groups is 1. The van der Waals surface area contributed by atoms with Crippen molar-refractivity contribution in [3.05, 3.63) is 18.2 Å². The highest BCUT2D eigenvalue weighted by molar-refractivity contribution is 6.10. The number of nitrogens with one attached hydrogen (secondary N) is 2. The lowest BCUT2D eigenvalue weighted by molar-refractivity contribution is -0.135. The van der Waals surface area contributed by atoms with Crippen molar-refractivity contribution in [1.82, 2.24) is 10.2 Å². The summed E-state index contributed by atoms with van der Waals surface area (Å²) in [6.45, 7) is 1.82. The van der Waals surface area contributed by atoms with Crippen molar-refractivity contribution >= 4 is 29.2 Å². The second-order valence-corrected chi connectivity index (χ2v) is 7.26. The van der Waals surface area contributed by atoms with Crippen LogP contribution >= 0.6 is 0 Å². The summed E-state index contributed by atoms with van der Waals surface area (Å²) in [4.78, 5) is 38.5. The van der Waals surface area contributed by atoms with Gasteiger partial charge < -0.3 is 21.1 Å². The van der Waals surface area contributed by atoms with Gasteiger partial charge >= 0.3 is 6.03 Å². The summed E-state index contributed by atoms with van der Waals surface area (Å²) in [5, 5.41) is 5.49. The van der Waals surface area contributed by atoms with Gasteiger partial charge in [-0.2, -0.15) is 0 Å². The normalized spacial score (nSPS) is 24.8. The molecule has 0 radical (unpaired) electrons. The number of nitrogen functional groups attached to an aromatic ring is 1. The smallest absolute Gasteiger partial charge is 0.325 e. The van der Waals surface area contributed by atoms with E-state index < -0.39 is 17.5 Å². The molecule has 0 aromatic heterocycles. The number of hydrogen-bond donors (Lipinski definition) is 3. The number of rotatable bonds is 5. The maximum Gasteiger partial charge on any atom is 0.325 e. The molecule has 2 aliphatic rings. The lowest BCUT2D eigenvalue weighted by Gasteiger charge is -2.34. The minimum Gasteiger partial charge on any atom is -0.495 e. The molecule has 1 saturated heterocycles. The summed E-state index contributed by atoms with van der Waals surface area (Å²) in [6, 6.07) is 4.35. The van der Waals surface area contributed by atoms with E-state index in [1.807, 2.05) is 0 Å². The van der Waals surface area contributed by atoms with E-state index in [2.05, 4.69) is 17.6 Å². The average molecular weight is 374 g/mol. The van der Waals surface area contributed by atoms with Gasteiger partial charge in [-0.25, -0.2) is 4.79 Å². The van der Waals surface area contributed by atoms with Gasteiger partial charge in [0.1, 0.15) is 17.8 Å². The Balaban J connectivity index is 1.63. The van der Waals surface area contributed by atoms with Crippen molar-refractivity contribution in [3.8, 4) is 5.75 Å². The van der Waals surface area contributed by atoms with Gasteiger partial charge in [-0.3, -0.25) is 14.5 Å². The monoisotopic (exact) mass is 374 g/mol. The fourth-order valence-electron chi connectivity index (χ4n) is 3.89. The highest BCUT2D eigenvalue weighted by Crippen LogP contribution is 2.37. The van der Waals surface area contributed by atoms with E-state index in [9.17, 15) is 14.4 Å². The minimum absolute atomic E-state index is 0.300. The minimum atomic E-state index is -0.840. The number of methoxy groups -OCH3 is 1. The van der Waals surface area contributed by atoms with Crippen molar-refractivity contribution in [2.24, 2.45) is 5.92 Å². The molecular weight excluding hydrogens is 348 g/mol. The first kappa shape index (κ1) is 19.0. The van der Waals surface area contributed by atoms with E-state index in [1.54, 1.807) is 18.2 Å². The van der Waals surface area contributed by atoms with Gasteiger partial charge in [0.2, 0.25) is 5.91 Å². The standard InChI is InChI=1S/C19H26N4O4/c1-3-12-6-8-19(9-7-12)17(25)23(18(26)22-19)11-16(24)21-13-4-5-15(27-2)14(20)10-13/h4-5,10,12H,3,6-9,11,20H2,1-2H3,(H,21,24)(H,22,26). The Kier molecular flexibility index (Phi) is 5.25. The van der Waals surface area contributed by atoms with Crippen LogP contribution in [0.15, 0.2) is 18.2 Å².